The minimum absolute atomic E-state index is 0.281. The maximum Gasteiger partial charge on any atom is 0.336 e. The van der Waals surface area contributed by atoms with E-state index in [-0.39, 0.29) is 5.56 Å². The predicted molar refractivity (Wildman–Crippen MR) is 56.5 cm³/mol. The Kier molecular flexibility index (Phi) is 3.18. The van der Waals surface area contributed by atoms with Gasteiger partial charge in [-0.05, 0) is 24.6 Å². The first-order valence-electron chi connectivity index (χ1n) is 4.15. The van der Waals surface area contributed by atoms with Gasteiger partial charge in [0.25, 0.3) is 0 Å². The average molecular weight is 189 g/mol. The maximum absolute atomic E-state index is 10.8. The third-order valence-electron chi connectivity index (χ3n) is 1.85. The van der Waals surface area contributed by atoms with Crippen molar-refractivity contribution < 1.29 is 9.90 Å². The van der Waals surface area contributed by atoms with Crippen molar-refractivity contribution in [2.45, 2.75) is 6.92 Å². The highest BCUT2D eigenvalue weighted by atomic mass is 16.4. The fourth-order valence-electron chi connectivity index (χ4n) is 1.13. The van der Waals surface area contributed by atoms with Gasteiger partial charge in [-0.2, -0.15) is 0 Å². The van der Waals surface area contributed by atoms with Gasteiger partial charge in [0.05, 0.1) is 11.3 Å². The zero-order valence-corrected chi connectivity index (χ0v) is 7.90. The standard InChI is InChI=1S/C11H11NO2/c1-3-7-12-10-6-4-5-9(8(10)2)11(13)14/h3-7H,1H2,2H3,(H,13,14). The number of carboxylic acids is 1. The molecule has 72 valence electrons. The molecule has 1 aromatic carbocycles. The van der Waals surface area contributed by atoms with E-state index in [4.69, 9.17) is 5.11 Å². The first-order valence-corrected chi connectivity index (χ1v) is 4.15. The summed E-state index contributed by atoms with van der Waals surface area (Å²) in [5.41, 5.74) is 1.60. The van der Waals surface area contributed by atoms with Crippen LogP contribution < -0.4 is 0 Å². The highest BCUT2D eigenvalue weighted by Crippen LogP contribution is 2.21. The minimum atomic E-state index is -0.932. The van der Waals surface area contributed by atoms with Crippen molar-refractivity contribution in [3.8, 4) is 0 Å². The van der Waals surface area contributed by atoms with Gasteiger partial charge in [-0.25, -0.2) is 4.79 Å². The molecule has 0 saturated carbocycles. The van der Waals surface area contributed by atoms with Crippen molar-refractivity contribution in [1.82, 2.24) is 0 Å². The Hall–Kier alpha value is -1.90. The van der Waals surface area contributed by atoms with E-state index in [0.717, 1.165) is 0 Å². The van der Waals surface area contributed by atoms with Crippen LogP contribution in [0.15, 0.2) is 35.8 Å². The molecule has 1 aromatic rings. The summed E-state index contributed by atoms with van der Waals surface area (Å²) >= 11 is 0. The zero-order valence-electron chi connectivity index (χ0n) is 7.90. The smallest absolute Gasteiger partial charge is 0.336 e. The van der Waals surface area contributed by atoms with Crippen LogP contribution in [-0.4, -0.2) is 17.3 Å². The number of benzene rings is 1. The molecule has 0 aromatic heterocycles. The summed E-state index contributed by atoms with van der Waals surface area (Å²) in [7, 11) is 0. The number of carbonyl (C=O) groups is 1. The van der Waals surface area contributed by atoms with Crippen molar-refractivity contribution in [3.05, 3.63) is 42.0 Å². The molecule has 0 aliphatic carbocycles. The fraction of sp³-hybridized carbons (Fsp3) is 0.0909. The number of rotatable bonds is 3. The summed E-state index contributed by atoms with van der Waals surface area (Å²) in [5, 5.41) is 8.84. The fourth-order valence-corrected chi connectivity index (χ4v) is 1.13. The van der Waals surface area contributed by atoms with Gasteiger partial charge in [-0.15, -0.1) is 0 Å². The van der Waals surface area contributed by atoms with Crippen LogP contribution in [0.2, 0.25) is 0 Å². The van der Waals surface area contributed by atoms with Crippen molar-refractivity contribution >= 4 is 17.9 Å². The van der Waals surface area contributed by atoms with Crippen LogP contribution in [0, 0.1) is 6.92 Å². The van der Waals surface area contributed by atoms with Gasteiger partial charge >= 0.3 is 5.97 Å². The van der Waals surface area contributed by atoms with Gasteiger partial charge in [0.15, 0.2) is 0 Å². The Morgan fingerprint density at radius 3 is 2.86 bits per heavy atom. The van der Waals surface area contributed by atoms with E-state index in [1.807, 2.05) is 0 Å². The van der Waals surface area contributed by atoms with E-state index >= 15 is 0 Å². The second-order valence-electron chi connectivity index (χ2n) is 2.77. The topological polar surface area (TPSA) is 49.7 Å². The van der Waals surface area contributed by atoms with Gasteiger partial charge in [-0.3, -0.25) is 4.99 Å². The van der Waals surface area contributed by atoms with Crippen molar-refractivity contribution in [2.75, 3.05) is 0 Å². The van der Waals surface area contributed by atoms with Crippen LogP contribution in [0.1, 0.15) is 15.9 Å². The lowest BCUT2D eigenvalue weighted by molar-refractivity contribution is 0.0696. The monoisotopic (exact) mass is 189 g/mol. The molecule has 1 rings (SSSR count). The van der Waals surface area contributed by atoms with Gasteiger partial charge < -0.3 is 5.11 Å². The highest BCUT2D eigenvalue weighted by Gasteiger charge is 2.08. The molecule has 0 spiro atoms. The largest absolute Gasteiger partial charge is 0.478 e. The van der Waals surface area contributed by atoms with Crippen LogP contribution in [-0.2, 0) is 0 Å². The second-order valence-corrected chi connectivity index (χ2v) is 2.77. The van der Waals surface area contributed by atoms with E-state index in [2.05, 4.69) is 11.6 Å². The first-order chi connectivity index (χ1) is 6.66. The van der Waals surface area contributed by atoms with E-state index in [1.165, 1.54) is 6.21 Å². The molecule has 3 nitrogen and oxygen atoms in total. The lowest BCUT2D eigenvalue weighted by atomic mass is 10.1. The molecule has 0 heterocycles. The Bertz CT molecular complexity index is 394. The van der Waals surface area contributed by atoms with Crippen LogP contribution in [0.25, 0.3) is 0 Å². The van der Waals surface area contributed by atoms with Crippen LogP contribution in [0.4, 0.5) is 5.69 Å². The van der Waals surface area contributed by atoms with E-state index < -0.39 is 5.97 Å². The highest BCUT2D eigenvalue weighted by molar-refractivity contribution is 5.91. The number of allylic oxidation sites excluding steroid dienone is 1. The summed E-state index contributed by atoms with van der Waals surface area (Å²) in [6.45, 7) is 5.23. The minimum Gasteiger partial charge on any atom is -0.478 e. The Morgan fingerprint density at radius 2 is 2.29 bits per heavy atom. The average Bonchev–Trinajstić information content (AvgIpc) is 2.16. The number of carboxylic acid groups (broad SMARTS) is 1. The Labute approximate surface area is 82.4 Å². The number of hydrogen-bond acceptors (Lipinski definition) is 2. The second kappa shape index (κ2) is 4.37. The molecule has 0 unspecified atom stereocenters. The summed E-state index contributed by atoms with van der Waals surface area (Å²) in [6.07, 6.45) is 3.08. The first kappa shape index (κ1) is 10.2. The number of aromatic carboxylic acids is 1. The molecule has 3 heteroatoms. The van der Waals surface area contributed by atoms with Gasteiger partial charge in [0.2, 0.25) is 0 Å². The number of hydrogen-bond donors (Lipinski definition) is 1. The van der Waals surface area contributed by atoms with E-state index in [9.17, 15) is 4.79 Å². The number of aliphatic imine (C=N–C) groups is 1. The summed E-state index contributed by atoms with van der Waals surface area (Å²) in [4.78, 5) is 14.8. The predicted octanol–water partition coefficient (Wildman–Crippen LogP) is 2.58. The molecular formula is C11H11NO2. The van der Waals surface area contributed by atoms with Gasteiger partial charge in [0.1, 0.15) is 0 Å². The summed E-state index contributed by atoms with van der Waals surface area (Å²) in [6, 6.07) is 5.00. The molecule has 0 amide bonds. The molecular weight excluding hydrogens is 178 g/mol. The maximum atomic E-state index is 10.8. The third kappa shape index (κ3) is 2.07. The van der Waals surface area contributed by atoms with Crippen molar-refractivity contribution in [1.29, 1.82) is 0 Å². The van der Waals surface area contributed by atoms with Gasteiger partial charge in [0, 0.05) is 6.21 Å². The zero-order chi connectivity index (χ0) is 10.6. The molecule has 14 heavy (non-hydrogen) atoms. The normalized spacial score (nSPS) is 10.4. The van der Waals surface area contributed by atoms with Crippen LogP contribution >= 0.6 is 0 Å². The molecule has 1 N–H and O–H groups in total. The molecule has 0 bridgehead atoms. The van der Waals surface area contributed by atoms with Crippen molar-refractivity contribution in [3.63, 3.8) is 0 Å². The molecule has 0 radical (unpaired) electrons. The molecule has 0 aliphatic rings. The molecule has 0 atom stereocenters. The molecule has 0 fully saturated rings. The molecule has 0 aliphatic heterocycles. The van der Waals surface area contributed by atoms with Crippen LogP contribution in [0.3, 0.4) is 0 Å². The van der Waals surface area contributed by atoms with Crippen molar-refractivity contribution in [2.24, 2.45) is 4.99 Å². The van der Waals surface area contributed by atoms with Gasteiger partial charge in [-0.1, -0.05) is 18.7 Å². The third-order valence-corrected chi connectivity index (χ3v) is 1.85. The quantitative estimate of drug-likeness (QED) is 0.743. The Balaban J connectivity index is 3.20. The van der Waals surface area contributed by atoms with E-state index in [0.29, 0.717) is 11.3 Å². The SMILES string of the molecule is C=CC=Nc1cccc(C(=O)O)c1C. The van der Waals surface area contributed by atoms with Crippen LogP contribution in [0.5, 0.6) is 0 Å². The lowest BCUT2D eigenvalue weighted by Crippen LogP contribution is -1.98. The summed E-state index contributed by atoms with van der Waals surface area (Å²) in [5.74, 6) is -0.932. The summed E-state index contributed by atoms with van der Waals surface area (Å²) < 4.78 is 0. The van der Waals surface area contributed by atoms with E-state index in [1.54, 1.807) is 31.2 Å². The molecule has 0 saturated heterocycles. The Morgan fingerprint density at radius 1 is 1.57 bits per heavy atom. The number of nitrogens with zero attached hydrogens (tertiary/aromatic N) is 1. The lowest BCUT2D eigenvalue weighted by Gasteiger charge is -2.02.